The van der Waals surface area contributed by atoms with Gasteiger partial charge in [0.05, 0.1) is 26.1 Å². The van der Waals surface area contributed by atoms with Crippen molar-refractivity contribution in [2.75, 3.05) is 57.2 Å². The molecule has 0 saturated carbocycles. The molecule has 1 aliphatic rings. The summed E-state index contributed by atoms with van der Waals surface area (Å²) in [6, 6.07) is 5.56. The SMILES string of the molecule is CCN1CCN(c2nncc(Nc3cc(OC)ccc3OC)n2)CC1. The maximum atomic E-state index is 5.39. The van der Waals surface area contributed by atoms with Crippen LogP contribution in [0.5, 0.6) is 11.5 Å². The normalized spacial score (nSPS) is 15.1. The number of rotatable bonds is 6. The number of aromatic nitrogens is 3. The van der Waals surface area contributed by atoms with E-state index in [-0.39, 0.29) is 0 Å². The third-order valence-electron chi connectivity index (χ3n) is 4.32. The smallest absolute Gasteiger partial charge is 0.247 e. The van der Waals surface area contributed by atoms with Crippen LogP contribution in [-0.4, -0.2) is 67.0 Å². The predicted octanol–water partition coefficient (Wildman–Crippen LogP) is 1.77. The Kier molecular flexibility index (Phi) is 5.49. The number of hydrogen-bond donors (Lipinski definition) is 1. The van der Waals surface area contributed by atoms with Gasteiger partial charge in [0, 0.05) is 32.2 Å². The van der Waals surface area contributed by atoms with Crippen molar-refractivity contribution in [1.82, 2.24) is 20.1 Å². The van der Waals surface area contributed by atoms with Crippen LogP contribution in [0.4, 0.5) is 17.5 Å². The molecule has 8 heteroatoms. The number of nitrogens with one attached hydrogen (secondary N) is 1. The summed E-state index contributed by atoms with van der Waals surface area (Å²) >= 11 is 0. The molecular weight excluding hydrogens is 320 g/mol. The Morgan fingerprint density at radius 1 is 1.12 bits per heavy atom. The lowest BCUT2D eigenvalue weighted by atomic mass is 10.2. The fourth-order valence-electron chi connectivity index (χ4n) is 2.80. The van der Waals surface area contributed by atoms with Gasteiger partial charge >= 0.3 is 0 Å². The van der Waals surface area contributed by atoms with Crippen LogP contribution in [0.25, 0.3) is 0 Å². The average Bonchev–Trinajstić information content (AvgIpc) is 2.68. The van der Waals surface area contributed by atoms with E-state index in [0.29, 0.717) is 17.5 Å². The lowest BCUT2D eigenvalue weighted by Gasteiger charge is -2.33. The van der Waals surface area contributed by atoms with Crippen LogP contribution >= 0.6 is 0 Å². The fraction of sp³-hybridized carbons (Fsp3) is 0.471. The van der Waals surface area contributed by atoms with Gasteiger partial charge in [0.25, 0.3) is 0 Å². The number of hydrogen-bond acceptors (Lipinski definition) is 8. The molecule has 1 fully saturated rings. The van der Waals surface area contributed by atoms with E-state index in [2.05, 4.69) is 37.2 Å². The molecule has 0 aliphatic carbocycles. The van der Waals surface area contributed by atoms with Crippen molar-refractivity contribution in [3.63, 3.8) is 0 Å². The van der Waals surface area contributed by atoms with E-state index >= 15 is 0 Å². The number of anilines is 3. The number of methoxy groups -OCH3 is 2. The molecule has 3 rings (SSSR count). The Morgan fingerprint density at radius 3 is 2.60 bits per heavy atom. The molecule has 0 unspecified atom stereocenters. The second kappa shape index (κ2) is 7.98. The van der Waals surface area contributed by atoms with Gasteiger partial charge in [-0.15, -0.1) is 5.10 Å². The molecule has 134 valence electrons. The van der Waals surface area contributed by atoms with Crippen molar-refractivity contribution in [3.8, 4) is 11.5 Å². The molecule has 2 aromatic rings. The number of ether oxygens (including phenoxy) is 2. The van der Waals surface area contributed by atoms with Crippen LogP contribution in [0.1, 0.15) is 6.92 Å². The van der Waals surface area contributed by atoms with Crippen LogP contribution < -0.4 is 19.7 Å². The van der Waals surface area contributed by atoms with Gasteiger partial charge in [-0.2, -0.15) is 10.1 Å². The minimum Gasteiger partial charge on any atom is -0.497 e. The first-order valence-corrected chi connectivity index (χ1v) is 8.39. The lowest BCUT2D eigenvalue weighted by molar-refractivity contribution is 0.269. The fourth-order valence-corrected chi connectivity index (χ4v) is 2.80. The van der Waals surface area contributed by atoms with Crippen LogP contribution in [0.2, 0.25) is 0 Å². The van der Waals surface area contributed by atoms with Crippen molar-refractivity contribution < 1.29 is 9.47 Å². The minimum atomic E-state index is 0.620. The van der Waals surface area contributed by atoms with Gasteiger partial charge in [-0.1, -0.05) is 6.92 Å². The van der Waals surface area contributed by atoms with Gasteiger partial charge in [0.2, 0.25) is 5.95 Å². The van der Waals surface area contributed by atoms with E-state index < -0.39 is 0 Å². The molecule has 0 radical (unpaired) electrons. The Balaban J connectivity index is 1.76. The molecule has 0 bridgehead atoms. The molecule has 2 heterocycles. The van der Waals surface area contributed by atoms with Gasteiger partial charge < -0.3 is 24.6 Å². The Morgan fingerprint density at radius 2 is 1.92 bits per heavy atom. The Labute approximate surface area is 147 Å². The molecule has 8 nitrogen and oxygen atoms in total. The summed E-state index contributed by atoms with van der Waals surface area (Å²) in [6.07, 6.45) is 1.60. The van der Waals surface area contributed by atoms with Gasteiger partial charge in [-0.05, 0) is 18.7 Å². The minimum absolute atomic E-state index is 0.620. The lowest BCUT2D eigenvalue weighted by Crippen LogP contribution is -2.46. The summed E-state index contributed by atoms with van der Waals surface area (Å²) in [6.45, 7) is 7.09. The van der Waals surface area contributed by atoms with Crippen molar-refractivity contribution in [2.24, 2.45) is 0 Å². The second-order valence-electron chi connectivity index (χ2n) is 5.75. The topological polar surface area (TPSA) is 75.6 Å². The average molecular weight is 344 g/mol. The standard InChI is InChI=1S/C17H24N6O2/c1-4-22-7-9-23(10-8-22)17-20-16(12-18-21-17)19-14-11-13(24-2)5-6-15(14)25-3/h5-6,11-12H,4,7-10H2,1-3H3,(H,19,20,21). The van der Waals surface area contributed by atoms with Crippen LogP contribution in [0.3, 0.4) is 0 Å². The number of nitrogens with zero attached hydrogens (tertiary/aromatic N) is 5. The maximum absolute atomic E-state index is 5.39. The van der Waals surface area contributed by atoms with Gasteiger partial charge in [-0.25, -0.2) is 0 Å². The molecule has 25 heavy (non-hydrogen) atoms. The zero-order chi connectivity index (χ0) is 17.6. The zero-order valence-corrected chi connectivity index (χ0v) is 14.9. The molecule has 0 amide bonds. The summed E-state index contributed by atoms with van der Waals surface area (Å²) in [4.78, 5) is 9.17. The summed E-state index contributed by atoms with van der Waals surface area (Å²) in [5, 5.41) is 11.5. The van der Waals surface area contributed by atoms with E-state index in [9.17, 15) is 0 Å². The van der Waals surface area contributed by atoms with E-state index in [0.717, 1.165) is 44.2 Å². The van der Waals surface area contributed by atoms with Gasteiger partial charge in [0.15, 0.2) is 5.82 Å². The first-order valence-electron chi connectivity index (χ1n) is 8.39. The number of piperazine rings is 1. The van der Waals surface area contributed by atoms with Crippen molar-refractivity contribution >= 4 is 17.5 Å². The Hall–Kier alpha value is -2.61. The van der Waals surface area contributed by atoms with Crippen molar-refractivity contribution in [2.45, 2.75) is 6.92 Å². The zero-order valence-electron chi connectivity index (χ0n) is 14.9. The van der Waals surface area contributed by atoms with E-state index in [1.54, 1.807) is 20.4 Å². The molecule has 1 aromatic carbocycles. The van der Waals surface area contributed by atoms with Crippen LogP contribution in [0, 0.1) is 0 Å². The number of likely N-dealkylation sites (N-methyl/N-ethyl adjacent to an activating group) is 1. The highest BCUT2D eigenvalue weighted by atomic mass is 16.5. The first kappa shape index (κ1) is 17.2. The molecule has 0 atom stereocenters. The number of benzene rings is 1. The molecule has 1 N–H and O–H groups in total. The largest absolute Gasteiger partial charge is 0.497 e. The molecule has 0 spiro atoms. The maximum Gasteiger partial charge on any atom is 0.247 e. The highest BCUT2D eigenvalue weighted by Gasteiger charge is 2.18. The van der Waals surface area contributed by atoms with Crippen molar-refractivity contribution in [1.29, 1.82) is 0 Å². The van der Waals surface area contributed by atoms with Crippen LogP contribution in [0.15, 0.2) is 24.4 Å². The quantitative estimate of drug-likeness (QED) is 0.850. The van der Waals surface area contributed by atoms with Crippen LogP contribution in [-0.2, 0) is 0 Å². The third kappa shape index (κ3) is 4.08. The molecule has 1 aliphatic heterocycles. The molecular formula is C17H24N6O2. The summed E-state index contributed by atoms with van der Waals surface area (Å²) in [5.41, 5.74) is 0.768. The predicted molar refractivity (Wildman–Crippen MR) is 97.0 cm³/mol. The Bertz CT molecular complexity index is 703. The summed E-state index contributed by atoms with van der Waals surface area (Å²) < 4.78 is 10.7. The van der Waals surface area contributed by atoms with E-state index in [4.69, 9.17) is 9.47 Å². The summed E-state index contributed by atoms with van der Waals surface area (Å²) in [5.74, 6) is 2.70. The molecule has 1 aromatic heterocycles. The second-order valence-corrected chi connectivity index (χ2v) is 5.75. The van der Waals surface area contributed by atoms with Gasteiger partial charge in [-0.3, -0.25) is 0 Å². The first-order chi connectivity index (χ1) is 12.2. The van der Waals surface area contributed by atoms with E-state index in [1.165, 1.54) is 0 Å². The highest BCUT2D eigenvalue weighted by molar-refractivity contribution is 5.66. The third-order valence-corrected chi connectivity index (χ3v) is 4.32. The van der Waals surface area contributed by atoms with E-state index in [1.807, 2.05) is 18.2 Å². The monoisotopic (exact) mass is 344 g/mol. The summed E-state index contributed by atoms with van der Waals surface area (Å²) in [7, 11) is 3.26. The van der Waals surface area contributed by atoms with Gasteiger partial charge in [0.1, 0.15) is 11.5 Å². The van der Waals surface area contributed by atoms with Crippen molar-refractivity contribution in [3.05, 3.63) is 24.4 Å². The molecule has 1 saturated heterocycles. The highest BCUT2D eigenvalue weighted by Crippen LogP contribution is 2.31.